The molecule has 0 saturated heterocycles. The normalized spacial score (nSPS) is 11.9. The smallest absolute Gasteiger partial charge is 0.337 e. The first kappa shape index (κ1) is 13.1. The first-order chi connectivity index (χ1) is 7.97. The number of hydrogen-bond donors (Lipinski definition) is 4. The van der Waals surface area contributed by atoms with Crippen LogP contribution in [-0.4, -0.2) is 34.7 Å². The topological polar surface area (TPSA) is 113 Å². The number of nitrogens with one attached hydrogen (secondary N) is 1. The van der Waals surface area contributed by atoms with E-state index in [4.69, 9.17) is 15.9 Å². The van der Waals surface area contributed by atoms with Crippen LogP contribution in [0.1, 0.15) is 10.4 Å². The molecule has 1 unspecified atom stereocenters. The number of para-hydroxylation sites is 1. The molecule has 7 heteroatoms. The van der Waals surface area contributed by atoms with Gasteiger partial charge in [0.1, 0.15) is 11.9 Å². The predicted octanol–water partition coefficient (Wildman–Crippen LogP) is -0.218. The molecular formula is C10H11FN2O4. The van der Waals surface area contributed by atoms with Crippen LogP contribution < -0.4 is 11.1 Å². The Morgan fingerprint density at radius 1 is 1.47 bits per heavy atom. The summed E-state index contributed by atoms with van der Waals surface area (Å²) in [4.78, 5) is 22.1. The largest absolute Gasteiger partial charge is 0.478 e. The highest BCUT2D eigenvalue weighted by atomic mass is 19.1. The number of carbonyl (C=O) groups is 2. The molecule has 0 aromatic heterocycles. The Labute approximate surface area is 95.9 Å². The fourth-order valence-electron chi connectivity index (χ4n) is 1.13. The van der Waals surface area contributed by atoms with Crippen molar-refractivity contribution < 1.29 is 24.2 Å². The van der Waals surface area contributed by atoms with Crippen LogP contribution in [0.3, 0.4) is 0 Å². The van der Waals surface area contributed by atoms with Gasteiger partial charge in [-0.05, 0) is 12.1 Å². The second-order valence-electron chi connectivity index (χ2n) is 3.25. The number of benzene rings is 1. The molecular weight excluding hydrogens is 231 g/mol. The zero-order valence-corrected chi connectivity index (χ0v) is 8.68. The van der Waals surface area contributed by atoms with Crippen molar-refractivity contribution in [2.45, 2.75) is 6.04 Å². The Balaban J connectivity index is 3.05. The van der Waals surface area contributed by atoms with Gasteiger partial charge >= 0.3 is 5.97 Å². The number of aliphatic hydroxyl groups is 1. The molecule has 6 nitrogen and oxygen atoms in total. The number of amides is 1. The minimum Gasteiger partial charge on any atom is -0.478 e. The summed E-state index contributed by atoms with van der Waals surface area (Å²) < 4.78 is 13.4. The van der Waals surface area contributed by atoms with Crippen molar-refractivity contribution in [3.63, 3.8) is 0 Å². The number of carbonyl (C=O) groups excluding carboxylic acids is 1. The second-order valence-corrected chi connectivity index (χ2v) is 3.25. The van der Waals surface area contributed by atoms with Crippen LogP contribution >= 0.6 is 0 Å². The maximum Gasteiger partial charge on any atom is 0.337 e. The van der Waals surface area contributed by atoms with E-state index in [0.29, 0.717) is 0 Å². The number of hydrogen-bond acceptors (Lipinski definition) is 4. The lowest BCUT2D eigenvalue weighted by atomic mass is 10.1. The van der Waals surface area contributed by atoms with Crippen molar-refractivity contribution in [3.8, 4) is 0 Å². The number of carboxylic acids is 1. The first-order valence-electron chi connectivity index (χ1n) is 4.66. The number of rotatable bonds is 4. The molecule has 0 fully saturated rings. The lowest BCUT2D eigenvalue weighted by molar-refractivity contribution is -0.118. The number of aromatic carboxylic acids is 1. The van der Waals surface area contributed by atoms with Crippen molar-refractivity contribution in [2.75, 3.05) is 11.9 Å². The Bertz CT molecular complexity index is 450. The molecule has 0 saturated carbocycles. The van der Waals surface area contributed by atoms with Gasteiger partial charge in [0.2, 0.25) is 5.91 Å². The standard InChI is InChI=1S/C10H11FN2O4/c11-6-3-1-2-5(10(16)17)8(6)13-9(15)7(12)4-14/h1-3,7,14H,4,12H2,(H,13,15)(H,16,17). The molecule has 1 aromatic rings. The zero-order valence-electron chi connectivity index (χ0n) is 8.68. The summed E-state index contributed by atoms with van der Waals surface area (Å²) in [6.45, 7) is -0.622. The quantitative estimate of drug-likeness (QED) is 0.583. The number of nitrogens with two attached hydrogens (primary N) is 1. The summed E-state index contributed by atoms with van der Waals surface area (Å²) in [5.41, 5.74) is 4.36. The second kappa shape index (κ2) is 5.37. The molecule has 0 bridgehead atoms. The van der Waals surface area contributed by atoms with E-state index < -0.39 is 36.0 Å². The van der Waals surface area contributed by atoms with Crippen LogP contribution in [0.25, 0.3) is 0 Å². The highest BCUT2D eigenvalue weighted by molar-refractivity contribution is 6.02. The van der Waals surface area contributed by atoms with E-state index in [2.05, 4.69) is 0 Å². The SMILES string of the molecule is NC(CO)C(=O)Nc1c(F)cccc1C(=O)O. The van der Waals surface area contributed by atoms with Gasteiger partial charge in [-0.2, -0.15) is 0 Å². The molecule has 1 rings (SSSR count). The lowest BCUT2D eigenvalue weighted by Gasteiger charge is -2.12. The molecule has 92 valence electrons. The van der Waals surface area contributed by atoms with Gasteiger partial charge in [-0.1, -0.05) is 6.07 Å². The summed E-state index contributed by atoms with van der Waals surface area (Å²) in [7, 11) is 0. The maximum absolute atomic E-state index is 13.4. The maximum atomic E-state index is 13.4. The van der Waals surface area contributed by atoms with Crippen LogP contribution in [0.2, 0.25) is 0 Å². The fraction of sp³-hybridized carbons (Fsp3) is 0.200. The van der Waals surface area contributed by atoms with Crippen LogP contribution in [0.4, 0.5) is 10.1 Å². The molecule has 1 aromatic carbocycles. The molecule has 0 aliphatic heterocycles. The van der Waals surface area contributed by atoms with Crippen molar-refractivity contribution >= 4 is 17.6 Å². The van der Waals surface area contributed by atoms with Gasteiger partial charge < -0.3 is 21.3 Å². The highest BCUT2D eigenvalue weighted by Crippen LogP contribution is 2.19. The predicted molar refractivity (Wildman–Crippen MR) is 57.1 cm³/mol. The summed E-state index contributed by atoms with van der Waals surface area (Å²) in [5, 5.41) is 19.5. The van der Waals surface area contributed by atoms with E-state index in [1.807, 2.05) is 5.32 Å². The average Bonchev–Trinajstić information content (AvgIpc) is 2.30. The molecule has 0 aliphatic rings. The van der Waals surface area contributed by atoms with Crippen molar-refractivity contribution in [1.29, 1.82) is 0 Å². The van der Waals surface area contributed by atoms with Gasteiger partial charge in [0, 0.05) is 0 Å². The first-order valence-corrected chi connectivity index (χ1v) is 4.66. The molecule has 0 spiro atoms. The van der Waals surface area contributed by atoms with E-state index in [9.17, 15) is 14.0 Å². The fourth-order valence-corrected chi connectivity index (χ4v) is 1.13. The number of aliphatic hydroxyl groups excluding tert-OH is 1. The van der Waals surface area contributed by atoms with Crippen LogP contribution in [0.5, 0.6) is 0 Å². The van der Waals surface area contributed by atoms with Gasteiger partial charge in [0.05, 0.1) is 17.9 Å². The summed E-state index contributed by atoms with van der Waals surface area (Å²) >= 11 is 0. The third kappa shape index (κ3) is 2.99. The minimum absolute atomic E-state index is 0.386. The summed E-state index contributed by atoms with van der Waals surface area (Å²) in [6.07, 6.45) is 0. The Morgan fingerprint density at radius 3 is 2.65 bits per heavy atom. The van der Waals surface area contributed by atoms with Crippen LogP contribution in [-0.2, 0) is 4.79 Å². The van der Waals surface area contributed by atoms with E-state index in [-0.39, 0.29) is 5.56 Å². The summed E-state index contributed by atoms with van der Waals surface area (Å²) in [6, 6.07) is 2.12. The monoisotopic (exact) mass is 242 g/mol. The minimum atomic E-state index is -1.38. The van der Waals surface area contributed by atoms with E-state index >= 15 is 0 Å². The van der Waals surface area contributed by atoms with Crippen molar-refractivity contribution in [3.05, 3.63) is 29.6 Å². The number of carboxylic acid groups (broad SMARTS) is 1. The van der Waals surface area contributed by atoms with Crippen LogP contribution in [0, 0.1) is 5.82 Å². The Hall–Kier alpha value is -1.99. The van der Waals surface area contributed by atoms with Crippen molar-refractivity contribution in [2.24, 2.45) is 5.73 Å². The number of anilines is 1. The van der Waals surface area contributed by atoms with E-state index in [1.54, 1.807) is 0 Å². The molecule has 17 heavy (non-hydrogen) atoms. The van der Waals surface area contributed by atoms with Gasteiger partial charge in [0.25, 0.3) is 0 Å². The van der Waals surface area contributed by atoms with E-state index in [1.165, 1.54) is 6.07 Å². The molecule has 1 atom stereocenters. The third-order valence-corrected chi connectivity index (χ3v) is 2.03. The van der Waals surface area contributed by atoms with Crippen molar-refractivity contribution in [1.82, 2.24) is 0 Å². The zero-order chi connectivity index (χ0) is 13.0. The highest BCUT2D eigenvalue weighted by Gasteiger charge is 2.19. The van der Waals surface area contributed by atoms with Gasteiger partial charge in [-0.15, -0.1) is 0 Å². The molecule has 1 amide bonds. The number of halogens is 1. The van der Waals surface area contributed by atoms with E-state index in [0.717, 1.165) is 12.1 Å². The van der Waals surface area contributed by atoms with Crippen LogP contribution in [0.15, 0.2) is 18.2 Å². The summed E-state index contributed by atoms with van der Waals surface area (Å²) in [5.74, 6) is -3.12. The molecule has 0 radical (unpaired) electrons. The molecule has 0 aliphatic carbocycles. The third-order valence-electron chi connectivity index (χ3n) is 2.03. The Kier molecular flexibility index (Phi) is 4.13. The Morgan fingerprint density at radius 2 is 2.12 bits per heavy atom. The lowest BCUT2D eigenvalue weighted by Crippen LogP contribution is -2.39. The molecule has 5 N–H and O–H groups in total. The van der Waals surface area contributed by atoms with Gasteiger partial charge in [-0.3, -0.25) is 4.79 Å². The average molecular weight is 242 g/mol. The van der Waals surface area contributed by atoms with Gasteiger partial charge in [-0.25, -0.2) is 9.18 Å². The molecule has 0 heterocycles. The van der Waals surface area contributed by atoms with Gasteiger partial charge in [0.15, 0.2) is 0 Å².